The van der Waals surface area contributed by atoms with Crippen molar-refractivity contribution in [1.29, 1.82) is 0 Å². The molecule has 1 saturated carbocycles. The number of benzene rings is 1. The van der Waals surface area contributed by atoms with Crippen LogP contribution in [0.2, 0.25) is 0 Å². The highest BCUT2D eigenvalue weighted by molar-refractivity contribution is 7.89. The summed E-state index contributed by atoms with van der Waals surface area (Å²) in [5.41, 5.74) is 1.20. The van der Waals surface area contributed by atoms with E-state index < -0.39 is 16.1 Å². The van der Waals surface area contributed by atoms with Gasteiger partial charge in [-0.25, -0.2) is 13.4 Å². The normalized spacial score (nSPS) is 16.5. The Kier molecular flexibility index (Phi) is 8.60. The van der Waals surface area contributed by atoms with Crippen LogP contribution in [0.25, 0.3) is 11.1 Å². The van der Waals surface area contributed by atoms with Crippen molar-refractivity contribution in [2.24, 2.45) is 10.9 Å². The fraction of sp³-hybridized carbons (Fsp3) is 0.565. The van der Waals surface area contributed by atoms with E-state index >= 15 is 0 Å². The van der Waals surface area contributed by atoms with Crippen molar-refractivity contribution >= 4 is 38.6 Å². The van der Waals surface area contributed by atoms with Crippen molar-refractivity contribution in [2.45, 2.75) is 64.3 Å². The lowest BCUT2D eigenvalue weighted by Gasteiger charge is -2.24. The maximum absolute atomic E-state index is 12.8. The van der Waals surface area contributed by atoms with Crippen molar-refractivity contribution in [3.8, 4) is 0 Å². The largest absolute Gasteiger partial charge is 0.434 e. The summed E-state index contributed by atoms with van der Waals surface area (Å²) in [6.45, 7) is 1.85. The Morgan fingerprint density at radius 2 is 1.94 bits per heavy atom. The Bertz CT molecular complexity index is 1070. The topological polar surface area (TPSA) is 131 Å². The zero-order valence-corrected chi connectivity index (χ0v) is 20.0. The number of sulfonamides is 1. The first-order valence-corrected chi connectivity index (χ1v) is 13.3. The monoisotopic (exact) mass is 476 g/mol. The zero-order chi connectivity index (χ0) is 23.8. The third-order valence-electron chi connectivity index (χ3n) is 5.68. The number of rotatable bonds is 10. The lowest BCUT2D eigenvalue weighted by Crippen LogP contribution is -2.38. The van der Waals surface area contributed by atoms with Crippen LogP contribution in [0.15, 0.2) is 33.7 Å². The summed E-state index contributed by atoms with van der Waals surface area (Å²) in [5.74, 6) is 0.185. The molecule has 1 aromatic heterocycles. The van der Waals surface area contributed by atoms with E-state index in [9.17, 15) is 18.0 Å². The number of para-hydroxylation sites is 2. The molecule has 0 radical (unpaired) electrons. The Balaban J connectivity index is 1.53. The van der Waals surface area contributed by atoms with Gasteiger partial charge in [-0.2, -0.15) is 0 Å². The number of nitrogens with zero attached hydrogens (tertiary/aromatic N) is 2. The molecule has 1 aliphatic carbocycles. The minimum Gasteiger partial charge on any atom is -0.434 e. The maximum Gasteiger partial charge on any atom is 0.264 e. The minimum absolute atomic E-state index is 0.0739. The summed E-state index contributed by atoms with van der Waals surface area (Å²) in [6.07, 6.45) is 7.85. The van der Waals surface area contributed by atoms with Gasteiger partial charge in [-0.05, 0) is 37.8 Å². The Labute approximate surface area is 194 Å². The molecule has 0 aliphatic heterocycles. The van der Waals surface area contributed by atoms with E-state index in [1.165, 1.54) is 6.42 Å². The van der Waals surface area contributed by atoms with Gasteiger partial charge in [0.05, 0.1) is 6.26 Å². The number of hydrogen-bond acceptors (Lipinski definition) is 7. The number of ketones is 1. The van der Waals surface area contributed by atoms with Gasteiger partial charge < -0.3 is 9.73 Å². The molecule has 0 saturated heterocycles. The lowest BCUT2D eigenvalue weighted by molar-refractivity contribution is -0.122. The van der Waals surface area contributed by atoms with Crippen LogP contribution >= 0.6 is 0 Å². The van der Waals surface area contributed by atoms with Gasteiger partial charge >= 0.3 is 0 Å². The molecule has 0 unspecified atom stereocenters. The van der Waals surface area contributed by atoms with Crippen LogP contribution in [0.1, 0.15) is 69.0 Å². The third-order valence-corrected chi connectivity index (χ3v) is 6.35. The van der Waals surface area contributed by atoms with E-state index in [2.05, 4.69) is 20.0 Å². The Morgan fingerprint density at radius 1 is 1.21 bits per heavy atom. The molecule has 1 amide bonds. The molecule has 0 spiro atoms. The fourth-order valence-corrected chi connectivity index (χ4v) is 4.75. The second-order valence-electron chi connectivity index (χ2n) is 8.65. The van der Waals surface area contributed by atoms with Crippen molar-refractivity contribution < 1.29 is 22.4 Å². The number of aromatic nitrogens is 1. The van der Waals surface area contributed by atoms with Crippen LogP contribution in [-0.2, 0) is 14.8 Å². The third kappa shape index (κ3) is 7.96. The van der Waals surface area contributed by atoms with Crippen molar-refractivity contribution in [3.63, 3.8) is 0 Å². The molecule has 2 N–H and O–H groups in total. The number of carbonyl (C=O) groups is 2. The molecule has 1 atom stereocenters. The van der Waals surface area contributed by atoms with Gasteiger partial charge in [-0.1, -0.05) is 44.2 Å². The molecule has 180 valence electrons. The molecule has 33 heavy (non-hydrogen) atoms. The molecule has 1 aliphatic rings. The first kappa shape index (κ1) is 24.9. The van der Waals surface area contributed by atoms with Gasteiger partial charge in [0.1, 0.15) is 17.4 Å². The molecular weight excluding hydrogens is 444 g/mol. The first-order chi connectivity index (χ1) is 15.7. The van der Waals surface area contributed by atoms with Crippen molar-refractivity contribution in [2.75, 3.05) is 12.8 Å². The number of nitrogens with one attached hydrogen (secondary N) is 2. The predicted octanol–water partition coefficient (Wildman–Crippen LogP) is 3.21. The van der Waals surface area contributed by atoms with Gasteiger partial charge in [0.15, 0.2) is 5.58 Å². The van der Waals surface area contributed by atoms with Crippen LogP contribution in [0.3, 0.4) is 0 Å². The minimum atomic E-state index is -3.46. The number of amidine groups is 1. The Hall–Kier alpha value is -2.75. The van der Waals surface area contributed by atoms with Crippen molar-refractivity contribution in [3.05, 3.63) is 30.2 Å². The van der Waals surface area contributed by atoms with E-state index in [0.717, 1.165) is 31.9 Å². The Morgan fingerprint density at radius 3 is 2.64 bits per heavy atom. The molecule has 3 rings (SSSR count). The highest BCUT2D eigenvalue weighted by Crippen LogP contribution is 2.28. The van der Waals surface area contributed by atoms with Gasteiger partial charge in [0.25, 0.3) is 5.89 Å². The lowest BCUT2D eigenvalue weighted by atomic mass is 9.84. The van der Waals surface area contributed by atoms with Gasteiger partial charge in [-0.15, -0.1) is 0 Å². The summed E-state index contributed by atoms with van der Waals surface area (Å²) in [4.78, 5) is 33.8. The number of carbonyl (C=O) groups excluding carboxylic acids is 2. The maximum atomic E-state index is 12.8. The smallest absolute Gasteiger partial charge is 0.264 e. The van der Waals surface area contributed by atoms with E-state index in [-0.39, 0.29) is 29.8 Å². The van der Waals surface area contributed by atoms with Crippen LogP contribution in [-0.4, -0.2) is 49.8 Å². The van der Waals surface area contributed by atoms with E-state index in [1.807, 2.05) is 12.1 Å². The highest BCUT2D eigenvalue weighted by Gasteiger charge is 2.24. The van der Waals surface area contributed by atoms with Crippen LogP contribution in [0, 0.1) is 5.92 Å². The second kappa shape index (κ2) is 11.4. The highest BCUT2D eigenvalue weighted by atomic mass is 32.2. The molecule has 1 heterocycles. The van der Waals surface area contributed by atoms with Gasteiger partial charge in [-0.3, -0.25) is 19.3 Å². The zero-order valence-electron chi connectivity index (χ0n) is 19.2. The molecule has 2 aromatic rings. The summed E-state index contributed by atoms with van der Waals surface area (Å²) in [5, 5.41) is 2.85. The first-order valence-electron chi connectivity index (χ1n) is 11.4. The number of hydrogen-bond donors (Lipinski definition) is 2. The number of amides is 1. The SMILES string of the molecule is CC(=N[C@@H](CC1CCCCC1)C(=O)NCCCC(=O)c1nc2ccccc2o1)NS(C)(=O)=O. The number of fused-ring (bicyclic) bond motifs is 1. The average Bonchev–Trinajstić information content (AvgIpc) is 3.20. The molecule has 10 heteroatoms. The van der Waals surface area contributed by atoms with E-state index in [0.29, 0.717) is 36.4 Å². The molecule has 1 aromatic carbocycles. The number of oxazole rings is 1. The van der Waals surface area contributed by atoms with Crippen LogP contribution in [0.5, 0.6) is 0 Å². The summed E-state index contributed by atoms with van der Waals surface area (Å²) < 4.78 is 30.8. The molecule has 1 fully saturated rings. The van der Waals surface area contributed by atoms with Gasteiger partial charge in [0, 0.05) is 13.0 Å². The summed E-state index contributed by atoms with van der Waals surface area (Å²) >= 11 is 0. The number of Topliss-reactive ketones (excluding diaryl/α,β-unsaturated/α-hetero) is 1. The van der Waals surface area contributed by atoms with Crippen molar-refractivity contribution in [1.82, 2.24) is 15.0 Å². The second-order valence-corrected chi connectivity index (χ2v) is 10.4. The average molecular weight is 477 g/mol. The summed E-state index contributed by atoms with van der Waals surface area (Å²) in [6, 6.07) is 6.51. The predicted molar refractivity (Wildman–Crippen MR) is 127 cm³/mol. The van der Waals surface area contributed by atoms with Crippen LogP contribution in [0.4, 0.5) is 0 Å². The quantitative estimate of drug-likeness (QED) is 0.234. The molecule has 0 bridgehead atoms. The van der Waals surface area contributed by atoms with E-state index in [1.54, 1.807) is 19.1 Å². The van der Waals surface area contributed by atoms with Gasteiger partial charge in [0.2, 0.25) is 21.7 Å². The van der Waals surface area contributed by atoms with Crippen LogP contribution < -0.4 is 10.0 Å². The molecular formula is C23H32N4O5S. The fourth-order valence-electron chi connectivity index (χ4n) is 4.16. The number of aliphatic imine (C=N–C) groups is 1. The standard InChI is InChI=1S/C23H32N4O5S/c1-16(27-33(2,30)31)25-19(15-17-9-4-3-5-10-17)22(29)24-14-8-12-20(28)23-26-18-11-6-7-13-21(18)32-23/h6-7,11,13,17,19H,3-5,8-10,12,14-15H2,1-2H3,(H,24,29)(H,25,27)/t19-/m0/s1. The summed E-state index contributed by atoms with van der Waals surface area (Å²) in [7, 11) is -3.46. The molecule has 9 nitrogen and oxygen atoms in total. The van der Waals surface area contributed by atoms with E-state index in [4.69, 9.17) is 4.42 Å².